The van der Waals surface area contributed by atoms with E-state index in [0.29, 0.717) is 24.5 Å². The molecule has 34 heavy (non-hydrogen) atoms. The number of nitrogens with one attached hydrogen (secondary N) is 1. The predicted octanol–water partition coefficient (Wildman–Crippen LogP) is 3.88. The Morgan fingerprint density at radius 2 is 1.85 bits per heavy atom. The number of halogens is 4. The van der Waals surface area contributed by atoms with Crippen molar-refractivity contribution in [3.8, 4) is 5.69 Å². The van der Waals surface area contributed by atoms with Crippen molar-refractivity contribution >= 4 is 11.9 Å². The Morgan fingerprint density at radius 1 is 1.18 bits per heavy atom. The van der Waals surface area contributed by atoms with Gasteiger partial charge in [-0.05, 0) is 37.3 Å². The molecule has 2 aromatic heterocycles. The lowest BCUT2D eigenvalue weighted by Gasteiger charge is -2.40. The van der Waals surface area contributed by atoms with E-state index in [1.54, 1.807) is 17.9 Å². The number of hydrogen-bond acceptors (Lipinski definition) is 6. The van der Waals surface area contributed by atoms with Crippen LogP contribution in [-0.2, 0) is 6.18 Å². The molecule has 2 atom stereocenters. The van der Waals surface area contributed by atoms with E-state index in [-0.39, 0.29) is 41.6 Å². The van der Waals surface area contributed by atoms with Gasteiger partial charge in [0.15, 0.2) is 5.82 Å². The number of amides is 1. The van der Waals surface area contributed by atoms with Gasteiger partial charge in [-0.15, -0.1) is 4.80 Å². The van der Waals surface area contributed by atoms with Gasteiger partial charge in [-0.2, -0.15) is 23.4 Å². The summed E-state index contributed by atoms with van der Waals surface area (Å²) < 4.78 is 53.3. The van der Waals surface area contributed by atoms with E-state index in [9.17, 15) is 18.0 Å². The Bertz CT molecular complexity index is 1150. The monoisotopic (exact) mass is 477 g/mol. The number of anilines is 1. The maximum absolute atomic E-state index is 15.0. The Labute approximate surface area is 193 Å². The first-order valence-corrected chi connectivity index (χ1v) is 10.8. The molecular formula is C22H23F4N7O. The molecule has 0 radical (unpaired) electrons. The molecule has 4 rings (SSSR count). The Kier molecular flexibility index (Phi) is 6.49. The number of aromatic nitrogens is 5. The minimum atomic E-state index is -4.52. The molecule has 0 saturated carbocycles. The van der Waals surface area contributed by atoms with Crippen LogP contribution in [0.1, 0.15) is 41.3 Å². The molecule has 1 saturated heterocycles. The second kappa shape index (κ2) is 9.35. The second-order valence-corrected chi connectivity index (χ2v) is 8.27. The van der Waals surface area contributed by atoms with E-state index in [4.69, 9.17) is 0 Å². The van der Waals surface area contributed by atoms with E-state index in [1.807, 2.05) is 6.92 Å². The van der Waals surface area contributed by atoms with Crippen molar-refractivity contribution < 1.29 is 22.4 Å². The average molecular weight is 477 g/mol. The van der Waals surface area contributed by atoms with Gasteiger partial charge in [-0.3, -0.25) is 4.79 Å². The van der Waals surface area contributed by atoms with Gasteiger partial charge in [0, 0.05) is 25.5 Å². The van der Waals surface area contributed by atoms with Crippen LogP contribution in [0.15, 0.2) is 36.9 Å². The number of benzene rings is 1. The highest BCUT2D eigenvalue weighted by atomic mass is 19.4. The Hall–Kier alpha value is -3.57. The fraction of sp³-hybridized carbons (Fsp3) is 0.409. The minimum Gasteiger partial charge on any atom is -0.352 e. The summed E-state index contributed by atoms with van der Waals surface area (Å²) in [5, 5.41) is 10.9. The molecular weight excluding hydrogens is 454 g/mol. The van der Waals surface area contributed by atoms with Gasteiger partial charge in [0.25, 0.3) is 5.91 Å². The van der Waals surface area contributed by atoms with Crippen molar-refractivity contribution in [3.05, 3.63) is 59.4 Å². The third-order valence-electron chi connectivity index (χ3n) is 5.98. The van der Waals surface area contributed by atoms with Crippen molar-refractivity contribution in [2.45, 2.75) is 38.9 Å². The number of rotatable bonds is 5. The number of carbonyl (C=O) groups excluding carboxylic acids is 1. The van der Waals surface area contributed by atoms with Crippen molar-refractivity contribution in [1.82, 2.24) is 29.9 Å². The van der Waals surface area contributed by atoms with Crippen molar-refractivity contribution in [2.24, 2.45) is 5.92 Å². The molecule has 1 unspecified atom stereocenters. The number of nitrogens with zero attached hydrogens (tertiary/aromatic N) is 6. The molecule has 1 aliphatic rings. The molecule has 0 aliphatic carbocycles. The summed E-state index contributed by atoms with van der Waals surface area (Å²) in [7, 11) is 0. The zero-order valence-corrected chi connectivity index (χ0v) is 18.6. The van der Waals surface area contributed by atoms with Gasteiger partial charge in [-0.25, -0.2) is 14.4 Å². The van der Waals surface area contributed by atoms with Crippen LogP contribution in [0.2, 0.25) is 0 Å². The lowest BCUT2D eigenvalue weighted by molar-refractivity contribution is -0.138. The summed E-state index contributed by atoms with van der Waals surface area (Å²) in [6.07, 6.45) is 1.32. The lowest BCUT2D eigenvalue weighted by Crippen LogP contribution is -2.51. The van der Waals surface area contributed by atoms with Gasteiger partial charge in [0.05, 0.1) is 29.6 Å². The van der Waals surface area contributed by atoms with Crippen LogP contribution >= 0.6 is 0 Å². The van der Waals surface area contributed by atoms with E-state index in [1.165, 1.54) is 18.5 Å². The van der Waals surface area contributed by atoms with Crippen LogP contribution in [0.4, 0.5) is 23.5 Å². The van der Waals surface area contributed by atoms with Crippen LogP contribution < -0.4 is 5.32 Å². The smallest absolute Gasteiger partial charge is 0.352 e. The molecule has 12 heteroatoms. The molecule has 1 fully saturated rings. The molecule has 1 N–H and O–H groups in total. The standard InChI is InChI=1S/C22H23F4N7O/c1-13-4-3-9-32(17(13)12-29-21-27-10-15(11-28-21)22(24,25)26)20(34)16-6-5-14(2)18(23)19(16)33-30-7-8-31-33/h5-8,10-11,13,17H,3-4,9,12H2,1-2H3,(H,27,28,29)/t13?,17-/m1/s1. The van der Waals surface area contributed by atoms with Gasteiger partial charge < -0.3 is 10.2 Å². The summed E-state index contributed by atoms with van der Waals surface area (Å²) >= 11 is 0. The number of carbonyl (C=O) groups is 1. The maximum atomic E-state index is 15.0. The summed E-state index contributed by atoms with van der Waals surface area (Å²) in [6, 6.07) is 2.78. The number of aryl methyl sites for hydroxylation is 1. The summed E-state index contributed by atoms with van der Waals surface area (Å²) in [6.45, 7) is 4.26. The van der Waals surface area contributed by atoms with E-state index >= 15 is 4.39 Å². The van der Waals surface area contributed by atoms with Crippen LogP contribution in [0.25, 0.3) is 5.69 Å². The first-order chi connectivity index (χ1) is 16.2. The van der Waals surface area contributed by atoms with Crippen LogP contribution in [0.3, 0.4) is 0 Å². The van der Waals surface area contributed by atoms with Gasteiger partial charge >= 0.3 is 6.18 Å². The second-order valence-electron chi connectivity index (χ2n) is 8.27. The highest BCUT2D eigenvalue weighted by Crippen LogP contribution is 2.30. The number of alkyl halides is 3. The number of hydrogen-bond donors (Lipinski definition) is 1. The SMILES string of the molecule is Cc1ccc(C(=O)N2CCCC(C)[C@H]2CNc2ncc(C(F)(F)F)cn2)c(-n2nccn2)c1F. The van der Waals surface area contributed by atoms with E-state index in [0.717, 1.165) is 17.6 Å². The highest BCUT2D eigenvalue weighted by Gasteiger charge is 2.35. The third kappa shape index (κ3) is 4.70. The highest BCUT2D eigenvalue weighted by molar-refractivity contribution is 5.98. The quantitative estimate of drug-likeness (QED) is 0.562. The largest absolute Gasteiger partial charge is 0.419 e. The minimum absolute atomic E-state index is 0.0222. The van der Waals surface area contributed by atoms with Crippen LogP contribution in [-0.4, -0.2) is 54.9 Å². The third-order valence-corrected chi connectivity index (χ3v) is 5.98. The topological polar surface area (TPSA) is 88.8 Å². The maximum Gasteiger partial charge on any atom is 0.419 e. The fourth-order valence-electron chi connectivity index (χ4n) is 4.09. The van der Waals surface area contributed by atoms with Crippen molar-refractivity contribution in [3.63, 3.8) is 0 Å². The molecule has 180 valence electrons. The molecule has 3 aromatic rings. The molecule has 3 heterocycles. The fourth-order valence-corrected chi connectivity index (χ4v) is 4.09. The zero-order valence-electron chi connectivity index (χ0n) is 18.6. The lowest BCUT2D eigenvalue weighted by atomic mass is 9.90. The summed E-state index contributed by atoms with van der Waals surface area (Å²) in [4.78, 5) is 23.8. The van der Waals surface area contributed by atoms with E-state index in [2.05, 4.69) is 25.5 Å². The molecule has 0 spiro atoms. The summed E-state index contributed by atoms with van der Waals surface area (Å²) in [5.41, 5.74) is -0.481. The van der Waals surface area contributed by atoms with Gasteiger partial charge in [0.2, 0.25) is 5.95 Å². The zero-order chi connectivity index (χ0) is 24.5. The molecule has 0 bridgehead atoms. The Morgan fingerprint density at radius 3 is 2.50 bits per heavy atom. The molecule has 1 aliphatic heterocycles. The number of piperidine rings is 1. The van der Waals surface area contributed by atoms with Crippen molar-refractivity contribution in [1.29, 1.82) is 0 Å². The molecule has 8 nitrogen and oxygen atoms in total. The van der Waals surface area contributed by atoms with Crippen molar-refractivity contribution in [2.75, 3.05) is 18.4 Å². The Balaban J connectivity index is 1.58. The first-order valence-electron chi connectivity index (χ1n) is 10.8. The predicted molar refractivity (Wildman–Crippen MR) is 115 cm³/mol. The normalized spacial score (nSPS) is 18.7. The number of likely N-dealkylation sites (tertiary alicyclic amines) is 1. The molecule has 1 aromatic carbocycles. The van der Waals surface area contributed by atoms with E-state index < -0.39 is 17.6 Å². The van der Waals surface area contributed by atoms with Crippen LogP contribution in [0.5, 0.6) is 0 Å². The first kappa shape index (κ1) is 23.6. The van der Waals surface area contributed by atoms with Gasteiger partial charge in [0.1, 0.15) is 5.69 Å². The average Bonchev–Trinajstić information content (AvgIpc) is 3.33. The molecule has 1 amide bonds. The van der Waals surface area contributed by atoms with Gasteiger partial charge in [-0.1, -0.05) is 13.0 Å². The summed E-state index contributed by atoms with van der Waals surface area (Å²) in [5.74, 6) is -0.847. The van der Waals surface area contributed by atoms with Crippen LogP contribution in [0, 0.1) is 18.7 Å².